The van der Waals surface area contributed by atoms with Crippen molar-refractivity contribution in [1.29, 1.82) is 0 Å². The van der Waals surface area contributed by atoms with Crippen LogP contribution in [0.5, 0.6) is 0 Å². The largest absolute Gasteiger partial charge is 0.316 e. The number of halogens is 1. The average Bonchev–Trinajstić information content (AvgIpc) is 2.51. The van der Waals surface area contributed by atoms with Gasteiger partial charge in [0.1, 0.15) is 5.82 Å². The van der Waals surface area contributed by atoms with Crippen molar-refractivity contribution < 1.29 is 4.39 Å². The van der Waals surface area contributed by atoms with E-state index >= 15 is 0 Å². The van der Waals surface area contributed by atoms with E-state index in [2.05, 4.69) is 30.4 Å². The van der Waals surface area contributed by atoms with Crippen LogP contribution in [0.25, 0.3) is 21.9 Å². The topological polar surface area (TPSA) is 12.0 Å². The third-order valence-electron chi connectivity index (χ3n) is 3.84. The summed E-state index contributed by atoms with van der Waals surface area (Å²) in [5.41, 5.74) is 4.68. The van der Waals surface area contributed by atoms with Crippen molar-refractivity contribution in [3.63, 3.8) is 0 Å². The summed E-state index contributed by atoms with van der Waals surface area (Å²) in [5.74, 6) is -0.168. The molecule has 0 fully saturated rings. The van der Waals surface area contributed by atoms with Gasteiger partial charge in [0.15, 0.2) is 0 Å². The molecule has 0 aliphatic heterocycles. The Labute approximate surface area is 124 Å². The van der Waals surface area contributed by atoms with Gasteiger partial charge in [-0.15, -0.1) is 0 Å². The maximum Gasteiger partial charge on any atom is 0.131 e. The molecule has 0 saturated carbocycles. The van der Waals surface area contributed by atoms with Gasteiger partial charge in [0, 0.05) is 11.9 Å². The van der Waals surface area contributed by atoms with Crippen LogP contribution in [-0.2, 0) is 6.54 Å². The molecule has 106 valence electrons. The lowest BCUT2D eigenvalue weighted by Gasteiger charge is -2.12. The summed E-state index contributed by atoms with van der Waals surface area (Å²) in [6.45, 7) is 2.92. The molecule has 0 heterocycles. The molecule has 0 spiro atoms. The molecule has 21 heavy (non-hydrogen) atoms. The van der Waals surface area contributed by atoms with E-state index in [1.54, 1.807) is 6.07 Å². The van der Waals surface area contributed by atoms with E-state index in [0.29, 0.717) is 5.39 Å². The molecule has 0 saturated heterocycles. The predicted molar refractivity (Wildman–Crippen MR) is 86.8 cm³/mol. The highest BCUT2D eigenvalue weighted by Gasteiger charge is 2.10. The molecule has 0 aliphatic rings. The summed E-state index contributed by atoms with van der Waals surface area (Å²) >= 11 is 0. The Morgan fingerprint density at radius 3 is 2.43 bits per heavy atom. The van der Waals surface area contributed by atoms with Crippen LogP contribution in [0.3, 0.4) is 0 Å². The van der Waals surface area contributed by atoms with Gasteiger partial charge in [0.2, 0.25) is 0 Å². The van der Waals surface area contributed by atoms with Gasteiger partial charge in [-0.3, -0.25) is 0 Å². The molecule has 0 bridgehead atoms. The van der Waals surface area contributed by atoms with Gasteiger partial charge < -0.3 is 5.32 Å². The van der Waals surface area contributed by atoms with Crippen molar-refractivity contribution in [3.05, 3.63) is 71.5 Å². The number of hydrogen-bond donors (Lipinski definition) is 1. The second-order valence-electron chi connectivity index (χ2n) is 5.32. The van der Waals surface area contributed by atoms with Gasteiger partial charge in [0.25, 0.3) is 0 Å². The van der Waals surface area contributed by atoms with Crippen molar-refractivity contribution in [2.75, 3.05) is 7.05 Å². The molecule has 0 amide bonds. The summed E-state index contributed by atoms with van der Waals surface area (Å²) in [5, 5.41) is 4.80. The molecule has 1 N–H and O–H groups in total. The van der Waals surface area contributed by atoms with Crippen LogP contribution in [0.15, 0.2) is 54.6 Å². The Kier molecular flexibility index (Phi) is 3.72. The Morgan fingerprint density at radius 2 is 1.67 bits per heavy atom. The van der Waals surface area contributed by atoms with E-state index in [4.69, 9.17) is 0 Å². The van der Waals surface area contributed by atoms with E-state index in [1.165, 1.54) is 16.7 Å². The fourth-order valence-corrected chi connectivity index (χ4v) is 2.77. The lowest BCUT2D eigenvalue weighted by atomic mass is 9.93. The predicted octanol–water partition coefficient (Wildman–Crippen LogP) is 4.67. The lowest BCUT2D eigenvalue weighted by molar-refractivity contribution is 0.640. The van der Waals surface area contributed by atoms with Gasteiger partial charge in [-0.05, 0) is 53.7 Å². The number of benzene rings is 3. The summed E-state index contributed by atoms with van der Waals surface area (Å²) < 4.78 is 14.0. The highest BCUT2D eigenvalue weighted by molar-refractivity contribution is 5.97. The van der Waals surface area contributed by atoms with E-state index in [-0.39, 0.29) is 5.82 Å². The second kappa shape index (κ2) is 5.66. The number of fused-ring (bicyclic) bond motifs is 1. The highest BCUT2D eigenvalue weighted by atomic mass is 19.1. The van der Waals surface area contributed by atoms with E-state index in [0.717, 1.165) is 17.5 Å². The zero-order valence-corrected chi connectivity index (χ0v) is 12.3. The smallest absolute Gasteiger partial charge is 0.131 e. The van der Waals surface area contributed by atoms with E-state index < -0.39 is 0 Å². The first-order valence-electron chi connectivity index (χ1n) is 7.12. The third-order valence-corrected chi connectivity index (χ3v) is 3.84. The SMILES string of the molecule is CNCc1ccc(C)c(-c2ccc(F)c3ccccc23)c1. The first kappa shape index (κ1) is 13.8. The van der Waals surface area contributed by atoms with Gasteiger partial charge in [0.05, 0.1) is 0 Å². The fraction of sp³-hybridized carbons (Fsp3) is 0.158. The number of nitrogens with one attached hydrogen (secondary N) is 1. The van der Waals surface area contributed by atoms with Crippen molar-refractivity contribution in [2.24, 2.45) is 0 Å². The van der Waals surface area contributed by atoms with Gasteiger partial charge >= 0.3 is 0 Å². The normalized spacial score (nSPS) is 11.0. The van der Waals surface area contributed by atoms with Crippen molar-refractivity contribution in [3.8, 4) is 11.1 Å². The highest BCUT2D eigenvalue weighted by Crippen LogP contribution is 2.32. The Hall–Kier alpha value is -2.19. The van der Waals surface area contributed by atoms with Crippen LogP contribution in [0, 0.1) is 12.7 Å². The quantitative estimate of drug-likeness (QED) is 0.734. The van der Waals surface area contributed by atoms with Gasteiger partial charge in [-0.2, -0.15) is 0 Å². The third kappa shape index (κ3) is 2.55. The summed E-state index contributed by atoms with van der Waals surface area (Å²) in [6.07, 6.45) is 0. The number of rotatable bonds is 3. The zero-order valence-electron chi connectivity index (χ0n) is 12.3. The molecule has 2 heteroatoms. The Bertz CT molecular complexity index is 793. The minimum absolute atomic E-state index is 0.168. The van der Waals surface area contributed by atoms with E-state index in [1.807, 2.05) is 37.4 Å². The zero-order chi connectivity index (χ0) is 14.8. The molecule has 3 rings (SSSR count). The Balaban J connectivity index is 2.25. The molecule has 0 unspecified atom stereocenters. The minimum Gasteiger partial charge on any atom is -0.316 e. The van der Waals surface area contributed by atoms with Gasteiger partial charge in [-0.1, -0.05) is 42.5 Å². The summed E-state index contributed by atoms with van der Waals surface area (Å²) in [4.78, 5) is 0. The lowest BCUT2D eigenvalue weighted by Crippen LogP contribution is -2.05. The average molecular weight is 279 g/mol. The molecule has 0 aliphatic carbocycles. The second-order valence-corrected chi connectivity index (χ2v) is 5.32. The van der Waals surface area contributed by atoms with Crippen molar-refractivity contribution in [2.45, 2.75) is 13.5 Å². The van der Waals surface area contributed by atoms with Crippen molar-refractivity contribution in [1.82, 2.24) is 5.32 Å². The maximum atomic E-state index is 14.0. The first-order valence-corrected chi connectivity index (χ1v) is 7.12. The monoisotopic (exact) mass is 279 g/mol. The molecule has 0 radical (unpaired) electrons. The molecular weight excluding hydrogens is 261 g/mol. The van der Waals surface area contributed by atoms with Crippen LogP contribution in [0.2, 0.25) is 0 Å². The minimum atomic E-state index is -0.168. The molecular formula is C19H18FN. The number of hydrogen-bond acceptors (Lipinski definition) is 1. The van der Waals surface area contributed by atoms with Crippen LogP contribution in [0.4, 0.5) is 4.39 Å². The molecule has 1 nitrogen and oxygen atoms in total. The molecule has 0 atom stereocenters. The fourth-order valence-electron chi connectivity index (χ4n) is 2.77. The van der Waals surface area contributed by atoms with E-state index in [9.17, 15) is 4.39 Å². The summed E-state index contributed by atoms with van der Waals surface area (Å²) in [6, 6.07) is 17.5. The Morgan fingerprint density at radius 1 is 0.905 bits per heavy atom. The molecule has 0 aromatic heterocycles. The maximum absolute atomic E-state index is 14.0. The molecule has 3 aromatic carbocycles. The molecule has 3 aromatic rings. The first-order chi connectivity index (χ1) is 10.2. The van der Waals surface area contributed by atoms with Crippen LogP contribution < -0.4 is 5.32 Å². The number of aryl methyl sites for hydroxylation is 1. The summed E-state index contributed by atoms with van der Waals surface area (Å²) in [7, 11) is 1.94. The van der Waals surface area contributed by atoms with Gasteiger partial charge in [-0.25, -0.2) is 4.39 Å². The van der Waals surface area contributed by atoms with Crippen molar-refractivity contribution >= 4 is 10.8 Å². The van der Waals surface area contributed by atoms with Crippen LogP contribution in [0.1, 0.15) is 11.1 Å². The standard InChI is InChI=1S/C19H18FN/c1-13-7-8-14(12-21-2)11-18(13)16-9-10-19(20)17-6-4-3-5-15(16)17/h3-11,21H,12H2,1-2H3. The van der Waals surface area contributed by atoms with Crippen LogP contribution in [-0.4, -0.2) is 7.05 Å². The van der Waals surface area contributed by atoms with Crippen LogP contribution >= 0.6 is 0 Å².